The van der Waals surface area contributed by atoms with Gasteiger partial charge in [0.2, 0.25) is 5.91 Å². The topological polar surface area (TPSA) is 68.0 Å². The van der Waals surface area contributed by atoms with Gasteiger partial charge >= 0.3 is 0 Å². The molecular formula is C22H29N3O. The Kier molecular flexibility index (Phi) is 6.40. The van der Waals surface area contributed by atoms with E-state index in [0.29, 0.717) is 18.3 Å². The highest BCUT2D eigenvalue weighted by Gasteiger charge is 2.30. The molecule has 4 heteroatoms. The number of hydrogen-bond acceptors (Lipinski definition) is 3. The van der Waals surface area contributed by atoms with Crippen LogP contribution in [0.2, 0.25) is 0 Å². The first-order chi connectivity index (χ1) is 12.7. The Bertz CT molecular complexity index is 708. The molecule has 0 spiro atoms. The molecular weight excluding hydrogens is 322 g/mol. The van der Waals surface area contributed by atoms with Gasteiger partial charge in [0.1, 0.15) is 0 Å². The molecule has 138 valence electrons. The van der Waals surface area contributed by atoms with Crippen molar-refractivity contribution in [3.05, 3.63) is 65.5 Å². The van der Waals surface area contributed by atoms with E-state index < -0.39 is 0 Å². The Morgan fingerprint density at radius 2 is 2.00 bits per heavy atom. The van der Waals surface area contributed by atoms with Gasteiger partial charge in [-0.1, -0.05) is 35.9 Å². The van der Waals surface area contributed by atoms with Gasteiger partial charge in [0, 0.05) is 6.20 Å². The van der Waals surface area contributed by atoms with Crippen molar-refractivity contribution in [1.82, 2.24) is 10.3 Å². The first-order valence-electron chi connectivity index (χ1n) is 9.61. The Labute approximate surface area is 156 Å². The lowest BCUT2D eigenvalue weighted by Gasteiger charge is -2.33. The van der Waals surface area contributed by atoms with Gasteiger partial charge in [0.05, 0.1) is 18.2 Å². The van der Waals surface area contributed by atoms with Crippen LogP contribution in [-0.4, -0.2) is 17.4 Å². The molecule has 1 amide bonds. The van der Waals surface area contributed by atoms with E-state index in [1.54, 1.807) is 6.20 Å². The summed E-state index contributed by atoms with van der Waals surface area (Å²) in [6, 6.07) is 14.0. The van der Waals surface area contributed by atoms with Gasteiger partial charge in [-0.05, 0) is 68.7 Å². The van der Waals surface area contributed by atoms with Crippen molar-refractivity contribution in [3.8, 4) is 0 Å². The maximum absolute atomic E-state index is 12.7. The number of hydrogen-bond donors (Lipinski definition) is 2. The van der Waals surface area contributed by atoms with Crippen LogP contribution in [0.4, 0.5) is 0 Å². The largest absolute Gasteiger partial charge is 0.347 e. The average Bonchev–Trinajstić information content (AvgIpc) is 2.67. The number of nitrogens with zero attached hydrogens (tertiary/aromatic N) is 1. The number of amides is 1. The molecule has 0 aliphatic heterocycles. The van der Waals surface area contributed by atoms with Gasteiger partial charge in [-0.2, -0.15) is 0 Å². The number of aromatic nitrogens is 1. The van der Waals surface area contributed by atoms with Crippen molar-refractivity contribution in [2.45, 2.75) is 45.1 Å². The summed E-state index contributed by atoms with van der Waals surface area (Å²) in [5.74, 6) is 1.11. The molecule has 0 radical (unpaired) electrons. The van der Waals surface area contributed by atoms with Crippen LogP contribution in [0.25, 0.3) is 0 Å². The van der Waals surface area contributed by atoms with Gasteiger partial charge in [0.15, 0.2) is 0 Å². The van der Waals surface area contributed by atoms with Crippen molar-refractivity contribution in [1.29, 1.82) is 0 Å². The monoisotopic (exact) mass is 351 g/mol. The van der Waals surface area contributed by atoms with Crippen molar-refractivity contribution in [3.63, 3.8) is 0 Å². The van der Waals surface area contributed by atoms with Crippen LogP contribution in [0, 0.1) is 18.8 Å². The number of nitrogens with two attached hydrogens (primary N) is 1. The van der Waals surface area contributed by atoms with Crippen LogP contribution in [-0.2, 0) is 11.2 Å². The lowest BCUT2D eigenvalue weighted by molar-refractivity contribution is -0.121. The van der Waals surface area contributed by atoms with Crippen molar-refractivity contribution < 1.29 is 4.79 Å². The Hall–Kier alpha value is -2.20. The summed E-state index contributed by atoms with van der Waals surface area (Å²) >= 11 is 0. The molecule has 0 saturated heterocycles. The third kappa shape index (κ3) is 4.92. The molecule has 1 aromatic heterocycles. The highest BCUT2D eigenvalue weighted by Crippen LogP contribution is 2.36. The van der Waals surface area contributed by atoms with Crippen LogP contribution in [0.15, 0.2) is 48.7 Å². The smallest absolute Gasteiger partial charge is 0.224 e. The lowest BCUT2D eigenvalue weighted by Crippen LogP contribution is -2.37. The third-order valence-electron chi connectivity index (χ3n) is 5.47. The van der Waals surface area contributed by atoms with E-state index in [4.69, 9.17) is 5.73 Å². The highest BCUT2D eigenvalue weighted by molar-refractivity contribution is 5.79. The first-order valence-corrected chi connectivity index (χ1v) is 9.61. The van der Waals surface area contributed by atoms with Gasteiger partial charge in [-0.3, -0.25) is 9.78 Å². The van der Waals surface area contributed by atoms with E-state index in [-0.39, 0.29) is 11.9 Å². The lowest BCUT2D eigenvalue weighted by atomic mass is 9.77. The zero-order valence-electron chi connectivity index (χ0n) is 15.5. The molecule has 1 heterocycles. The van der Waals surface area contributed by atoms with E-state index in [1.807, 2.05) is 43.3 Å². The summed E-state index contributed by atoms with van der Waals surface area (Å²) in [6.07, 6.45) is 6.67. The predicted molar refractivity (Wildman–Crippen MR) is 105 cm³/mol. The zero-order valence-corrected chi connectivity index (χ0v) is 15.5. The summed E-state index contributed by atoms with van der Waals surface area (Å²) in [4.78, 5) is 17.2. The first kappa shape index (κ1) is 18.6. The Balaban J connectivity index is 1.70. The fourth-order valence-electron chi connectivity index (χ4n) is 3.98. The third-order valence-corrected chi connectivity index (χ3v) is 5.47. The van der Waals surface area contributed by atoms with Crippen LogP contribution in [0.1, 0.15) is 48.5 Å². The van der Waals surface area contributed by atoms with E-state index in [1.165, 1.54) is 5.56 Å². The fourth-order valence-corrected chi connectivity index (χ4v) is 3.98. The zero-order chi connectivity index (χ0) is 18.4. The van der Waals surface area contributed by atoms with Crippen LogP contribution < -0.4 is 11.1 Å². The molecule has 1 aromatic carbocycles. The molecule has 1 unspecified atom stereocenters. The van der Waals surface area contributed by atoms with Gasteiger partial charge in [-0.25, -0.2) is 0 Å². The van der Waals surface area contributed by atoms with E-state index in [9.17, 15) is 4.79 Å². The molecule has 1 atom stereocenters. The maximum atomic E-state index is 12.7. The van der Waals surface area contributed by atoms with Gasteiger partial charge in [-0.15, -0.1) is 0 Å². The number of aryl methyl sites for hydroxylation is 1. The summed E-state index contributed by atoms with van der Waals surface area (Å²) in [7, 11) is 0. The number of nitrogens with one attached hydrogen (secondary N) is 1. The average molecular weight is 351 g/mol. The number of rotatable bonds is 6. The summed E-state index contributed by atoms with van der Waals surface area (Å²) < 4.78 is 0. The van der Waals surface area contributed by atoms with E-state index in [0.717, 1.165) is 43.5 Å². The Morgan fingerprint density at radius 3 is 2.65 bits per heavy atom. The molecule has 1 fully saturated rings. The van der Waals surface area contributed by atoms with E-state index >= 15 is 0 Å². The Morgan fingerprint density at radius 1 is 1.19 bits per heavy atom. The van der Waals surface area contributed by atoms with Crippen molar-refractivity contribution in [2.24, 2.45) is 17.6 Å². The van der Waals surface area contributed by atoms with Crippen molar-refractivity contribution >= 4 is 5.91 Å². The minimum absolute atomic E-state index is 0.0211. The van der Waals surface area contributed by atoms with Crippen LogP contribution in [0.3, 0.4) is 0 Å². The van der Waals surface area contributed by atoms with Crippen LogP contribution in [0.5, 0.6) is 0 Å². The molecule has 1 aliphatic carbocycles. The predicted octanol–water partition coefficient (Wildman–Crippen LogP) is 3.56. The minimum atomic E-state index is -0.0211. The number of benzene rings is 1. The normalized spacial score (nSPS) is 21.2. The number of pyridine rings is 1. The standard InChI is InChI=1S/C22H29N3O/c1-16-5-4-6-18(13-16)14-21(26)25-22(20-7-2-3-12-24-20)19-10-8-17(15-23)9-11-19/h2-7,12-13,17,19,22H,8-11,14-15,23H2,1H3,(H,25,26). The molecule has 3 rings (SSSR count). The van der Waals surface area contributed by atoms with Gasteiger partial charge in [0.25, 0.3) is 0 Å². The molecule has 0 bridgehead atoms. The second kappa shape index (κ2) is 8.95. The number of carbonyl (C=O) groups is 1. The molecule has 2 aromatic rings. The molecule has 26 heavy (non-hydrogen) atoms. The van der Waals surface area contributed by atoms with Crippen LogP contribution >= 0.6 is 0 Å². The fraction of sp³-hybridized carbons (Fsp3) is 0.455. The minimum Gasteiger partial charge on any atom is -0.347 e. The van der Waals surface area contributed by atoms with Gasteiger partial charge < -0.3 is 11.1 Å². The quantitative estimate of drug-likeness (QED) is 0.836. The molecule has 1 aliphatic rings. The molecule has 1 saturated carbocycles. The summed E-state index contributed by atoms with van der Waals surface area (Å²) in [5.41, 5.74) is 9.02. The summed E-state index contributed by atoms with van der Waals surface area (Å²) in [6.45, 7) is 2.81. The second-order valence-electron chi connectivity index (χ2n) is 7.48. The SMILES string of the molecule is Cc1cccc(CC(=O)NC(c2ccccn2)C2CCC(CN)CC2)c1. The van der Waals surface area contributed by atoms with E-state index in [2.05, 4.69) is 16.4 Å². The maximum Gasteiger partial charge on any atom is 0.224 e. The summed E-state index contributed by atoms with van der Waals surface area (Å²) in [5, 5.41) is 3.27. The molecule has 4 nitrogen and oxygen atoms in total. The highest BCUT2D eigenvalue weighted by atomic mass is 16.1. The number of carbonyl (C=O) groups excluding carboxylic acids is 1. The van der Waals surface area contributed by atoms with Crippen molar-refractivity contribution in [2.75, 3.05) is 6.54 Å². The molecule has 3 N–H and O–H groups in total. The second-order valence-corrected chi connectivity index (χ2v) is 7.48.